The number of aliphatic hydroxyl groups excluding tert-OH is 1. The molecule has 7 atom stereocenters. The number of fused-ring (bicyclic) bond motifs is 5. The van der Waals surface area contributed by atoms with Crippen molar-refractivity contribution >= 4 is 5.71 Å². The highest BCUT2D eigenvalue weighted by atomic mass is 16.4. The Hall–Kier alpha value is -0.570. The lowest BCUT2D eigenvalue weighted by molar-refractivity contribution is -0.112. The summed E-state index contributed by atoms with van der Waals surface area (Å²) in [4.78, 5) is 0. The molecular weight excluding hydrogens is 274 g/mol. The van der Waals surface area contributed by atoms with Gasteiger partial charge < -0.3 is 10.3 Å². The van der Waals surface area contributed by atoms with Gasteiger partial charge in [0.15, 0.2) is 0 Å². The monoisotopic (exact) mass is 305 g/mol. The topological polar surface area (TPSA) is 52.8 Å². The van der Waals surface area contributed by atoms with Crippen LogP contribution in [-0.4, -0.2) is 22.1 Å². The molecule has 4 saturated carbocycles. The number of aliphatic hydroxyl groups is 1. The molecule has 4 aliphatic rings. The average Bonchev–Trinajstić information content (AvgIpc) is 2.82. The van der Waals surface area contributed by atoms with Gasteiger partial charge in [-0.2, -0.15) is 0 Å². The van der Waals surface area contributed by atoms with Crippen molar-refractivity contribution in [1.29, 1.82) is 0 Å². The summed E-state index contributed by atoms with van der Waals surface area (Å²) in [5.41, 5.74) is 1.65. The lowest BCUT2D eigenvalue weighted by Gasteiger charge is -2.60. The minimum Gasteiger partial charge on any atom is -0.411 e. The third-order valence-electron chi connectivity index (χ3n) is 8.59. The summed E-state index contributed by atoms with van der Waals surface area (Å²) in [6, 6.07) is 0. The Morgan fingerprint density at radius 2 is 1.73 bits per heavy atom. The smallest absolute Gasteiger partial charge is 0.0596 e. The molecule has 2 N–H and O–H groups in total. The molecule has 0 spiro atoms. The van der Waals surface area contributed by atoms with Crippen LogP contribution in [0.1, 0.15) is 71.6 Å². The normalized spacial score (nSPS) is 56.3. The van der Waals surface area contributed by atoms with E-state index in [0.717, 1.165) is 42.7 Å². The standard InChI is InChI=1S/C19H31NO2/c1-18-9-7-13(20-22)11-12(18)3-4-14-15-5-6-17(21)19(15,2)10-8-16(14)18/h12,14-17,21-22H,3-11H2,1-2H3/b20-13-/t12-,14+,15+,16+,17+,18+,19+/m1/s1. The number of rotatable bonds is 0. The summed E-state index contributed by atoms with van der Waals surface area (Å²) in [5, 5.41) is 23.2. The summed E-state index contributed by atoms with van der Waals surface area (Å²) in [6.45, 7) is 4.88. The molecule has 0 radical (unpaired) electrons. The van der Waals surface area contributed by atoms with E-state index in [-0.39, 0.29) is 11.5 Å². The maximum Gasteiger partial charge on any atom is 0.0596 e. The van der Waals surface area contributed by atoms with Gasteiger partial charge in [-0.15, -0.1) is 0 Å². The van der Waals surface area contributed by atoms with E-state index < -0.39 is 0 Å². The average molecular weight is 305 g/mol. The summed E-state index contributed by atoms with van der Waals surface area (Å²) in [5.74, 6) is 3.11. The molecule has 3 heteroatoms. The van der Waals surface area contributed by atoms with Crippen LogP contribution in [0.2, 0.25) is 0 Å². The quantitative estimate of drug-likeness (QED) is 0.520. The number of nitrogens with zero attached hydrogens (tertiary/aromatic N) is 1. The van der Waals surface area contributed by atoms with Gasteiger partial charge in [-0.05, 0) is 92.3 Å². The highest BCUT2D eigenvalue weighted by molar-refractivity contribution is 5.85. The van der Waals surface area contributed by atoms with Crippen LogP contribution < -0.4 is 0 Å². The van der Waals surface area contributed by atoms with Crippen LogP contribution in [0.4, 0.5) is 0 Å². The fourth-order valence-corrected chi connectivity index (χ4v) is 7.12. The largest absolute Gasteiger partial charge is 0.411 e. The Morgan fingerprint density at radius 3 is 2.50 bits per heavy atom. The lowest BCUT2D eigenvalue weighted by atomic mass is 9.45. The molecule has 0 aliphatic heterocycles. The van der Waals surface area contributed by atoms with Crippen LogP contribution in [0.15, 0.2) is 5.16 Å². The van der Waals surface area contributed by atoms with Crippen molar-refractivity contribution < 1.29 is 10.3 Å². The molecule has 0 amide bonds. The summed E-state index contributed by atoms with van der Waals surface area (Å²) < 4.78 is 0. The summed E-state index contributed by atoms with van der Waals surface area (Å²) in [7, 11) is 0. The second kappa shape index (κ2) is 4.96. The minimum absolute atomic E-state index is 0.0662. The van der Waals surface area contributed by atoms with Crippen molar-refractivity contribution in [2.45, 2.75) is 77.7 Å². The Kier molecular flexibility index (Phi) is 3.38. The first-order valence-corrected chi connectivity index (χ1v) is 9.37. The van der Waals surface area contributed by atoms with Crippen molar-refractivity contribution in [3.05, 3.63) is 0 Å². The van der Waals surface area contributed by atoms with Gasteiger partial charge in [0.05, 0.1) is 11.8 Å². The van der Waals surface area contributed by atoms with E-state index >= 15 is 0 Å². The molecule has 0 aromatic heterocycles. The van der Waals surface area contributed by atoms with Crippen LogP contribution in [0.5, 0.6) is 0 Å². The summed E-state index contributed by atoms with van der Waals surface area (Å²) in [6.07, 6.45) is 10.5. The predicted molar refractivity (Wildman–Crippen MR) is 87.0 cm³/mol. The van der Waals surface area contributed by atoms with Crippen molar-refractivity contribution in [2.75, 3.05) is 0 Å². The fraction of sp³-hybridized carbons (Fsp3) is 0.947. The highest BCUT2D eigenvalue weighted by Crippen LogP contribution is 2.65. The third kappa shape index (κ3) is 1.87. The SMILES string of the molecule is C[C@]12CC/C(=N/O)C[C@H]1CC[C@@H]1[C@@H]2CC[C@]2(C)[C@@H](O)CC[C@@H]12. The molecule has 3 nitrogen and oxygen atoms in total. The molecule has 0 heterocycles. The van der Waals surface area contributed by atoms with Gasteiger partial charge in [0.1, 0.15) is 0 Å². The molecule has 0 aromatic rings. The molecule has 124 valence electrons. The first-order valence-electron chi connectivity index (χ1n) is 9.37. The zero-order chi connectivity index (χ0) is 15.5. The second-order valence-electron chi connectivity index (χ2n) is 9.16. The maximum atomic E-state index is 10.5. The van der Waals surface area contributed by atoms with Gasteiger partial charge >= 0.3 is 0 Å². The van der Waals surface area contributed by atoms with Crippen LogP contribution in [-0.2, 0) is 0 Å². The van der Waals surface area contributed by atoms with Crippen molar-refractivity contribution in [3.8, 4) is 0 Å². The van der Waals surface area contributed by atoms with E-state index in [0.29, 0.717) is 11.3 Å². The van der Waals surface area contributed by atoms with Crippen molar-refractivity contribution in [2.24, 2.45) is 39.7 Å². The van der Waals surface area contributed by atoms with E-state index in [4.69, 9.17) is 5.21 Å². The van der Waals surface area contributed by atoms with E-state index in [1.807, 2.05) is 0 Å². The third-order valence-corrected chi connectivity index (χ3v) is 8.59. The second-order valence-corrected chi connectivity index (χ2v) is 9.16. The molecule has 0 saturated heterocycles. The van der Waals surface area contributed by atoms with Gasteiger partial charge in [0, 0.05) is 0 Å². The maximum absolute atomic E-state index is 10.5. The fourth-order valence-electron chi connectivity index (χ4n) is 7.12. The van der Waals surface area contributed by atoms with Crippen LogP contribution in [0.3, 0.4) is 0 Å². The molecular formula is C19H31NO2. The molecule has 22 heavy (non-hydrogen) atoms. The van der Waals surface area contributed by atoms with Gasteiger partial charge in [-0.3, -0.25) is 0 Å². The Balaban J connectivity index is 1.62. The Labute approximate surface area is 134 Å². The van der Waals surface area contributed by atoms with Gasteiger partial charge in [-0.25, -0.2) is 0 Å². The predicted octanol–water partition coefficient (Wildman–Crippen LogP) is 4.22. The Bertz CT molecular complexity index is 490. The molecule has 4 rings (SSSR count). The van der Waals surface area contributed by atoms with Crippen molar-refractivity contribution in [3.63, 3.8) is 0 Å². The van der Waals surface area contributed by atoms with Crippen LogP contribution >= 0.6 is 0 Å². The first kappa shape index (κ1) is 15.0. The highest BCUT2D eigenvalue weighted by Gasteiger charge is 2.59. The molecule has 0 bridgehead atoms. The van der Waals surface area contributed by atoms with E-state index in [2.05, 4.69) is 19.0 Å². The molecule has 0 unspecified atom stereocenters. The van der Waals surface area contributed by atoms with Crippen molar-refractivity contribution in [1.82, 2.24) is 0 Å². The first-order chi connectivity index (χ1) is 10.5. The zero-order valence-electron chi connectivity index (χ0n) is 14.1. The molecule has 4 aliphatic carbocycles. The van der Waals surface area contributed by atoms with Gasteiger partial charge in [-0.1, -0.05) is 19.0 Å². The van der Waals surface area contributed by atoms with Crippen LogP contribution in [0.25, 0.3) is 0 Å². The number of hydrogen-bond acceptors (Lipinski definition) is 3. The van der Waals surface area contributed by atoms with Gasteiger partial charge in [0.2, 0.25) is 0 Å². The molecule has 0 aromatic carbocycles. The zero-order valence-corrected chi connectivity index (χ0v) is 14.1. The Morgan fingerprint density at radius 1 is 0.955 bits per heavy atom. The van der Waals surface area contributed by atoms with E-state index in [1.165, 1.54) is 38.5 Å². The number of hydrogen-bond donors (Lipinski definition) is 2. The molecule has 4 fully saturated rings. The van der Waals surface area contributed by atoms with Crippen LogP contribution in [0, 0.1) is 34.5 Å². The van der Waals surface area contributed by atoms with Gasteiger partial charge in [0.25, 0.3) is 0 Å². The lowest BCUT2D eigenvalue weighted by Crippen LogP contribution is -2.54. The minimum atomic E-state index is -0.0662. The van der Waals surface area contributed by atoms with E-state index in [1.54, 1.807) is 0 Å². The number of oxime groups is 1. The summed E-state index contributed by atoms with van der Waals surface area (Å²) >= 11 is 0. The van der Waals surface area contributed by atoms with E-state index in [9.17, 15) is 5.11 Å².